The summed E-state index contributed by atoms with van der Waals surface area (Å²) in [7, 11) is 0. The summed E-state index contributed by atoms with van der Waals surface area (Å²) in [4.78, 5) is 0. The van der Waals surface area contributed by atoms with Crippen LogP contribution in [-0.4, -0.2) is 43.9 Å². The molecule has 0 spiro atoms. The van der Waals surface area contributed by atoms with Crippen LogP contribution < -0.4 is 0 Å². The molecule has 12 heavy (non-hydrogen) atoms. The zero-order valence-electron chi connectivity index (χ0n) is 8.09. The van der Waals surface area contributed by atoms with E-state index in [2.05, 4.69) is 13.5 Å². The highest BCUT2D eigenvalue weighted by molar-refractivity contribution is 4.67. The fourth-order valence-corrected chi connectivity index (χ4v) is 1.98. The SMILES string of the molecule is C=CC[N+]1(CCC)CCOCC1. The monoisotopic (exact) mass is 170 g/mol. The van der Waals surface area contributed by atoms with Crippen LogP contribution in [0.25, 0.3) is 0 Å². The van der Waals surface area contributed by atoms with Crippen molar-refractivity contribution in [3.63, 3.8) is 0 Å². The summed E-state index contributed by atoms with van der Waals surface area (Å²) in [5.74, 6) is 0. The zero-order valence-corrected chi connectivity index (χ0v) is 8.09. The molecule has 1 rings (SSSR count). The van der Waals surface area contributed by atoms with Crippen LogP contribution in [0, 0.1) is 0 Å². The predicted octanol–water partition coefficient (Wildman–Crippen LogP) is 1.43. The average molecular weight is 170 g/mol. The molecule has 0 amide bonds. The van der Waals surface area contributed by atoms with Gasteiger partial charge in [0.15, 0.2) is 0 Å². The molecule has 0 aromatic carbocycles. The van der Waals surface area contributed by atoms with Gasteiger partial charge in [0, 0.05) is 0 Å². The molecule has 0 aromatic heterocycles. The maximum absolute atomic E-state index is 5.37. The van der Waals surface area contributed by atoms with Crippen molar-refractivity contribution in [3.8, 4) is 0 Å². The Hall–Kier alpha value is -0.340. The maximum Gasteiger partial charge on any atom is 0.103 e. The van der Waals surface area contributed by atoms with E-state index in [1.54, 1.807) is 0 Å². The minimum Gasteiger partial charge on any atom is -0.370 e. The fourth-order valence-electron chi connectivity index (χ4n) is 1.98. The summed E-state index contributed by atoms with van der Waals surface area (Å²) in [5, 5.41) is 0. The van der Waals surface area contributed by atoms with E-state index in [9.17, 15) is 0 Å². The van der Waals surface area contributed by atoms with E-state index in [0.29, 0.717) is 0 Å². The lowest BCUT2D eigenvalue weighted by atomic mass is 10.2. The van der Waals surface area contributed by atoms with Gasteiger partial charge in [0.25, 0.3) is 0 Å². The molecule has 2 nitrogen and oxygen atoms in total. The molecule has 0 aliphatic carbocycles. The molecule has 0 radical (unpaired) electrons. The van der Waals surface area contributed by atoms with Crippen molar-refractivity contribution in [3.05, 3.63) is 12.7 Å². The summed E-state index contributed by atoms with van der Waals surface area (Å²) in [6.45, 7) is 12.6. The Balaban J connectivity index is 2.49. The van der Waals surface area contributed by atoms with Crippen molar-refractivity contribution in [2.75, 3.05) is 39.4 Å². The van der Waals surface area contributed by atoms with Crippen LogP contribution in [0.4, 0.5) is 0 Å². The van der Waals surface area contributed by atoms with Gasteiger partial charge in [-0.3, -0.25) is 0 Å². The molecule has 1 fully saturated rings. The van der Waals surface area contributed by atoms with Gasteiger partial charge >= 0.3 is 0 Å². The van der Waals surface area contributed by atoms with Crippen molar-refractivity contribution in [2.45, 2.75) is 13.3 Å². The first kappa shape index (κ1) is 9.75. The van der Waals surface area contributed by atoms with Gasteiger partial charge in [0.2, 0.25) is 0 Å². The molecule has 1 aliphatic heterocycles. The average Bonchev–Trinajstić information content (AvgIpc) is 2.07. The van der Waals surface area contributed by atoms with E-state index < -0.39 is 0 Å². The second kappa shape index (κ2) is 4.63. The highest BCUT2D eigenvalue weighted by Crippen LogP contribution is 2.12. The molecular weight excluding hydrogens is 150 g/mol. The molecule has 70 valence electrons. The quantitative estimate of drug-likeness (QED) is 0.458. The van der Waals surface area contributed by atoms with Gasteiger partial charge < -0.3 is 9.22 Å². The van der Waals surface area contributed by atoms with E-state index in [0.717, 1.165) is 19.8 Å². The second-order valence-electron chi connectivity index (χ2n) is 3.60. The van der Waals surface area contributed by atoms with Gasteiger partial charge in [-0.25, -0.2) is 0 Å². The number of morpholine rings is 1. The fraction of sp³-hybridized carbons (Fsp3) is 0.800. The number of rotatable bonds is 4. The Kier molecular flexibility index (Phi) is 3.76. The minimum atomic E-state index is 0.924. The van der Waals surface area contributed by atoms with Gasteiger partial charge in [-0.05, 0) is 12.5 Å². The Bertz CT molecular complexity index is 133. The first-order valence-corrected chi connectivity index (χ1v) is 4.87. The summed E-state index contributed by atoms with van der Waals surface area (Å²) >= 11 is 0. The maximum atomic E-state index is 5.37. The number of ether oxygens (including phenoxy) is 1. The van der Waals surface area contributed by atoms with Crippen molar-refractivity contribution < 1.29 is 9.22 Å². The Morgan fingerprint density at radius 1 is 1.42 bits per heavy atom. The predicted molar refractivity (Wildman–Crippen MR) is 51.0 cm³/mol. The summed E-state index contributed by atoms with van der Waals surface area (Å²) < 4.78 is 6.56. The van der Waals surface area contributed by atoms with Crippen molar-refractivity contribution in [1.82, 2.24) is 0 Å². The van der Waals surface area contributed by atoms with E-state index in [-0.39, 0.29) is 0 Å². The third-order valence-corrected chi connectivity index (χ3v) is 2.63. The second-order valence-corrected chi connectivity index (χ2v) is 3.60. The van der Waals surface area contributed by atoms with Crippen LogP contribution in [-0.2, 0) is 4.74 Å². The van der Waals surface area contributed by atoms with Crippen LogP contribution in [0.1, 0.15) is 13.3 Å². The lowest BCUT2D eigenvalue weighted by Crippen LogP contribution is -2.55. The lowest BCUT2D eigenvalue weighted by molar-refractivity contribution is -0.929. The smallest absolute Gasteiger partial charge is 0.103 e. The van der Waals surface area contributed by atoms with Crippen LogP contribution in [0.3, 0.4) is 0 Å². The molecule has 0 unspecified atom stereocenters. The van der Waals surface area contributed by atoms with Crippen molar-refractivity contribution in [1.29, 1.82) is 0 Å². The van der Waals surface area contributed by atoms with Gasteiger partial charge in [0.1, 0.15) is 13.1 Å². The van der Waals surface area contributed by atoms with Gasteiger partial charge in [0.05, 0.1) is 26.3 Å². The molecule has 1 aliphatic rings. The van der Waals surface area contributed by atoms with Crippen LogP contribution >= 0.6 is 0 Å². The van der Waals surface area contributed by atoms with Gasteiger partial charge in [-0.1, -0.05) is 13.5 Å². The molecule has 0 N–H and O–H groups in total. The molecule has 1 heterocycles. The molecule has 0 bridgehead atoms. The van der Waals surface area contributed by atoms with E-state index in [1.165, 1.54) is 30.5 Å². The number of hydrogen-bond acceptors (Lipinski definition) is 1. The summed E-state index contributed by atoms with van der Waals surface area (Å²) in [6.07, 6.45) is 3.30. The Labute approximate surface area is 75.4 Å². The lowest BCUT2D eigenvalue weighted by Gasteiger charge is -2.40. The van der Waals surface area contributed by atoms with Gasteiger partial charge in [-0.2, -0.15) is 0 Å². The molecule has 1 saturated heterocycles. The normalized spacial score (nSPS) is 22.1. The molecule has 0 saturated carbocycles. The zero-order chi connectivity index (χ0) is 8.86. The van der Waals surface area contributed by atoms with Gasteiger partial charge in [-0.15, -0.1) is 0 Å². The van der Waals surface area contributed by atoms with Crippen molar-refractivity contribution >= 4 is 0 Å². The third-order valence-electron chi connectivity index (χ3n) is 2.63. The summed E-state index contributed by atoms with van der Waals surface area (Å²) in [6, 6.07) is 0. The first-order valence-electron chi connectivity index (χ1n) is 4.87. The van der Waals surface area contributed by atoms with Crippen LogP contribution in [0.15, 0.2) is 12.7 Å². The van der Waals surface area contributed by atoms with E-state index in [1.807, 2.05) is 6.08 Å². The highest BCUT2D eigenvalue weighted by Gasteiger charge is 2.27. The standard InChI is InChI=1S/C10H20NO/c1-3-5-11(6-4-2)7-9-12-10-8-11/h3H,1,4-10H2,2H3/q+1. The highest BCUT2D eigenvalue weighted by atomic mass is 16.5. The first-order chi connectivity index (χ1) is 5.83. The van der Waals surface area contributed by atoms with E-state index >= 15 is 0 Å². The Morgan fingerprint density at radius 2 is 2.08 bits per heavy atom. The van der Waals surface area contributed by atoms with Crippen LogP contribution in [0.2, 0.25) is 0 Å². The number of quaternary nitrogens is 1. The molecule has 2 heteroatoms. The summed E-state index contributed by atoms with van der Waals surface area (Å²) in [5.41, 5.74) is 0. The van der Waals surface area contributed by atoms with Crippen molar-refractivity contribution in [2.24, 2.45) is 0 Å². The molecule has 0 aromatic rings. The topological polar surface area (TPSA) is 9.23 Å². The molecule has 0 atom stereocenters. The van der Waals surface area contributed by atoms with E-state index in [4.69, 9.17) is 4.74 Å². The number of nitrogens with zero attached hydrogens (tertiary/aromatic N) is 1. The minimum absolute atomic E-state index is 0.924. The molecular formula is C10H20NO+. The third kappa shape index (κ3) is 2.32. The van der Waals surface area contributed by atoms with Crippen LogP contribution in [0.5, 0.6) is 0 Å². The number of hydrogen-bond donors (Lipinski definition) is 0. The largest absolute Gasteiger partial charge is 0.370 e. The Morgan fingerprint density at radius 3 is 2.58 bits per heavy atom.